The summed E-state index contributed by atoms with van der Waals surface area (Å²) in [6.07, 6.45) is 0. The van der Waals surface area contributed by atoms with E-state index in [9.17, 15) is 0 Å². The molecular formula is C43H31NS. The first-order chi connectivity index (χ1) is 22.1. The van der Waals surface area contributed by atoms with Crippen LogP contribution >= 0.6 is 11.3 Å². The van der Waals surface area contributed by atoms with Crippen molar-refractivity contribution in [2.24, 2.45) is 0 Å². The molecule has 1 aromatic heterocycles. The van der Waals surface area contributed by atoms with Gasteiger partial charge in [-0.1, -0.05) is 129 Å². The Bertz CT molecular complexity index is 2400. The van der Waals surface area contributed by atoms with Gasteiger partial charge in [-0.15, -0.1) is 11.3 Å². The number of rotatable bonds is 4. The summed E-state index contributed by atoms with van der Waals surface area (Å²) >= 11 is 1.94. The molecule has 0 N–H and O–H groups in total. The van der Waals surface area contributed by atoms with Crippen LogP contribution < -0.4 is 4.90 Å². The predicted molar refractivity (Wildman–Crippen MR) is 195 cm³/mol. The summed E-state index contributed by atoms with van der Waals surface area (Å²) in [7, 11) is 0. The van der Waals surface area contributed by atoms with Crippen molar-refractivity contribution in [2.75, 3.05) is 4.90 Å². The number of hydrogen-bond acceptors (Lipinski definition) is 2. The summed E-state index contributed by atoms with van der Waals surface area (Å²) in [4.78, 5) is 2.42. The van der Waals surface area contributed by atoms with E-state index in [0.29, 0.717) is 0 Å². The van der Waals surface area contributed by atoms with Gasteiger partial charge < -0.3 is 4.90 Å². The van der Waals surface area contributed by atoms with Crippen LogP contribution in [0.5, 0.6) is 0 Å². The van der Waals surface area contributed by atoms with E-state index in [1.54, 1.807) is 0 Å². The van der Waals surface area contributed by atoms with Gasteiger partial charge in [0.25, 0.3) is 0 Å². The molecule has 0 saturated heterocycles. The smallest absolute Gasteiger partial charge is 0.0640 e. The highest BCUT2D eigenvalue weighted by Gasteiger charge is 2.37. The van der Waals surface area contributed by atoms with Gasteiger partial charge in [0, 0.05) is 32.3 Å². The van der Waals surface area contributed by atoms with Crippen LogP contribution in [0.25, 0.3) is 53.2 Å². The fraction of sp³-hybridized carbons (Fsp3) is 0.0698. The molecule has 0 atom stereocenters. The molecule has 0 unspecified atom stereocenters. The number of hydrogen-bond donors (Lipinski definition) is 0. The highest BCUT2D eigenvalue weighted by atomic mass is 32.1. The summed E-state index contributed by atoms with van der Waals surface area (Å²) in [5.74, 6) is 0. The highest BCUT2D eigenvalue weighted by molar-refractivity contribution is 7.26. The summed E-state index contributed by atoms with van der Waals surface area (Å²) in [5, 5.41) is 5.19. The third kappa shape index (κ3) is 3.99. The van der Waals surface area contributed by atoms with Crippen LogP contribution in [0.3, 0.4) is 0 Å². The standard InChI is InChI=1S/C43H31NS/c1-43(2)38-17-9-8-15-34(38)35-25-26-37-36-16-10-18-39(41(36)45-42(37)40(35)43)44(32-13-4-3-5-14-32)33-23-21-29(22-24-33)31-20-19-28-11-6-7-12-30(28)27-31/h3-27H,1-2H3. The number of nitrogens with zero attached hydrogens (tertiary/aromatic N) is 1. The van der Waals surface area contributed by atoms with Crippen LogP contribution in [0.2, 0.25) is 0 Å². The Morgan fingerprint density at radius 2 is 1.18 bits per heavy atom. The number of thiophene rings is 1. The lowest BCUT2D eigenvalue weighted by atomic mass is 9.82. The first-order valence-electron chi connectivity index (χ1n) is 15.6. The summed E-state index contributed by atoms with van der Waals surface area (Å²) < 4.78 is 2.71. The van der Waals surface area contributed by atoms with Gasteiger partial charge in [-0.05, 0) is 80.6 Å². The van der Waals surface area contributed by atoms with E-state index in [-0.39, 0.29) is 5.41 Å². The fourth-order valence-electron chi connectivity index (χ4n) is 7.44. The summed E-state index contributed by atoms with van der Waals surface area (Å²) in [6, 6.07) is 55.5. The van der Waals surface area contributed by atoms with E-state index in [1.165, 1.54) is 70.0 Å². The SMILES string of the molecule is CC1(C)c2ccccc2-c2ccc3c(sc4c(N(c5ccccc5)c5ccc(-c6ccc7ccccc7c6)cc5)cccc43)c21. The molecule has 1 nitrogen and oxygen atoms in total. The van der Waals surface area contributed by atoms with Gasteiger partial charge in [-0.2, -0.15) is 0 Å². The number of benzene rings is 7. The molecule has 0 bridgehead atoms. The Kier molecular flexibility index (Phi) is 5.78. The van der Waals surface area contributed by atoms with Crippen LogP contribution in [0.1, 0.15) is 25.0 Å². The minimum absolute atomic E-state index is 0.0514. The minimum atomic E-state index is -0.0514. The van der Waals surface area contributed by atoms with Crippen molar-refractivity contribution in [1.82, 2.24) is 0 Å². The number of fused-ring (bicyclic) bond motifs is 8. The van der Waals surface area contributed by atoms with Crippen LogP contribution in [-0.4, -0.2) is 0 Å². The van der Waals surface area contributed by atoms with Gasteiger partial charge in [-0.25, -0.2) is 0 Å². The molecule has 1 aliphatic rings. The lowest BCUT2D eigenvalue weighted by molar-refractivity contribution is 0.667. The molecule has 0 saturated carbocycles. The van der Waals surface area contributed by atoms with Gasteiger partial charge in [0.1, 0.15) is 0 Å². The van der Waals surface area contributed by atoms with Crippen LogP contribution in [-0.2, 0) is 5.41 Å². The van der Waals surface area contributed by atoms with Crippen molar-refractivity contribution in [3.63, 3.8) is 0 Å². The molecule has 0 fully saturated rings. The Morgan fingerprint density at radius 3 is 2.02 bits per heavy atom. The largest absolute Gasteiger partial charge is 0.309 e. The molecule has 1 aliphatic carbocycles. The monoisotopic (exact) mass is 593 g/mol. The molecule has 0 radical (unpaired) electrons. The van der Waals surface area contributed by atoms with Crippen LogP contribution in [0.15, 0.2) is 152 Å². The fourth-order valence-corrected chi connectivity index (χ4v) is 8.95. The van der Waals surface area contributed by atoms with Crippen LogP contribution in [0.4, 0.5) is 17.1 Å². The second kappa shape index (κ2) is 9.92. The molecule has 214 valence electrons. The van der Waals surface area contributed by atoms with Crippen molar-refractivity contribution in [3.8, 4) is 22.3 Å². The Hall–Kier alpha value is -5.18. The first-order valence-corrected chi connectivity index (χ1v) is 16.4. The molecule has 2 heteroatoms. The first kappa shape index (κ1) is 26.2. The molecule has 0 aliphatic heterocycles. The third-order valence-corrected chi connectivity index (χ3v) is 10.9. The maximum atomic E-state index is 2.42. The molecule has 9 rings (SSSR count). The zero-order valence-corrected chi connectivity index (χ0v) is 26.1. The minimum Gasteiger partial charge on any atom is -0.309 e. The van der Waals surface area contributed by atoms with Gasteiger partial charge in [0.15, 0.2) is 0 Å². The average molecular weight is 594 g/mol. The van der Waals surface area contributed by atoms with Gasteiger partial charge in [0.2, 0.25) is 0 Å². The predicted octanol–water partition coefficient (Wildman–Crippen LogP) is 12.7. The van der Waals surface area contributed by atoms with E-state index >= 15 is 0 Å². The second-order valence-corrected chi connectivity index (χ2v) is 13.6. The Morgan fingerprint density at radius 1 is 0.489 bits per heavy atom. The van der Waals surface area contributed by atoms with E-state index < -0.39 is 0 Å². The molecule has 7 aromatic carbocycles. The maximum absolute atomic E-state index is 2.42. The number of anilines is 3. The molecule has 1 heterocycles. The van der Waals surface area contributed by atoms with E-state index in [4.69, 9.17) is 0 Å². The molecule has 0 spiro atoms. The Balaban J connectivity index is 1.22. The zero-order chi connectivity index (χ0) is 30.1. The van der Waals surface area contributed by atoms with E-state index in [2.05, 4.69) is 170 Å². The average Bonchev–Trinajstić information content (AvgIpc) is 3.58. The van der Waals surface area contributed by atoms with Gasteiger partial charge in [-0.3, -0.25) is 0 Å². The van der Waals surface area contributed by atoms with Crippen molar-refractivity contribution < 1.29 is 0 Å². The van der Waals surface area contributed by atoms with Crippen molar-refractivity contribution in [1.29, 1.82) is 0 Å². The molecule has 0 amide bonds. The molecular weight excluding hydrogens is 563 g/mol. The summed E-state index contributed by atoms with van der Waals surface area (Å²) in [6.45, 7) is 4.77. The maximum Gasteiger partial charge on any atom is 0.0640 e. The highest BCUT2D eigenvalue weighted by Crippen LogP contribution is 2.55. The van der Waals surface area contributed by atoms with Gasteiger partial charge in [0.05, 0.1) is 10.4 Å². The van der Waals surface area contributed by atoms with Crippen LogP contribution in [0, 0.1) is 0 Å². The molecule has 45 heavy (non-hydrogen) atoms. The number of para-hydroxylation sites is 1. The lowest BCUT2D eigenvalue weighted by Gasteiger charge is -2.26. The summed E-state index contributed by atoms with van der Waals surface area (Å²) in [5.41, 5.74) is 11.5. The quantitative estimate of drug-likeness (QED) is 0.196. The third-order valence-electron chi connectivity index (χ3n) is 9.63. The normalized spacial score (nSPS) is 13.3. The Labute approximate surface area is 267 Å². The lowest BCUT2D eigenvalue weighted by Crippen LogP contribution is -2.14. The second-order valence-electron chi connectivity index (χ2n) is 12.6. The molecule has 8 aromatic rings. The van der Waals surface area contributed by atoms with E-state index in [1.807, 2.05) is 11.3 Å². The van der Waals surface area contributed by atoms with Gasteiger partial charge >= 0.3 is 0 Å². The zero-order valence-electron chi connectivity index (χ0n) is 25.3. The topological polar surface area (TPSA) is 3.24 Å². The van der Waals surface area contributed by atoms with Crippen molar-refractivity contribution >= 4 is 59.3 Å². The van der Waals surface area contributed by atoms with Crippen molar-refractivity contribution in [3.05, 3.63) is 163 Å². The van der Waals surface area contributed by atoms with E-state index in [0.717, 1.165) is 11.4 Å². The van der Waals surface area contributed by atoms with Crippen molar-refractivity contribution in [2.45, 2.75) is 19.3 Å².